The number of fused-ring (bicyclic) bond motifs is 1. The normalized spacial score (nSPS) is 14.3. The molecule has 1 aliphatic heterocycles. The van der Waals surface area contributed by atoms with Crippen molar-refractivity contribution in [2.45, 2.75) is 66.5 Å². The molecule has 1 unspecified atom stereocenters. The highest BCUT2D eigenvalue weighted by Gasteiger charge is 2.34. The molecule has 1 atom stereocenters. The summed E-state index contributed by atoms with van der Waals surface area (Å²) in [6, 6.07) is -0.515. The van der Waals surface area contributed by atoms with Crippen molar-refractivity contribution in [2.24, 2.45) is 5.41 Å². The summed E-state index contributed by atoms with van der Waals surface area (Å²) in [5, 5.41) is 24.2. The highest BCUT2D eigenvalue weighted by atomic mass is 16.5. The van der Waals surface area contributed by atoms with E-state index in [2.05, 4.69) is 30.6 Å². The predicted octanol–water partition coefficient (Wildman–Crippen LogP) is 3.72. The minimum absolute atomic E-state index is 0.120. The van der Waals surface area contributed by atoms with Crippen molar-refractivity contribution < 1.29 is 28.7 Å². The van der Waals surface area contributed by atoms with E-state index in [0.717, 1.165) is 11.1 Å². The van der Waals surface area contributed by atoms with Crippen LogP contribution in [0, 0.1) is 12.3 Å². The van der Waals surface area contributed by atoms with Crippen LogP contribution in [0.25, 0.3) is 11.6 Å². The Balaban J connectivity index is 1.42. The monoisotopic (exact) mass is 524 g/mol. The van der Waals surface area contributed by atoms with Crippen molar-refractivity contribution in [3.05, 3.63) is 46.1 Å². The number of benzene rings is 1. The molecule has 0 saturated heterocycles. The van der Waals surface area contributed by atoms with Crippen LogP contribution in [0.2, 0.25) is 0 Å². The summed E-state index contributed by atoms with van der Waals surface area (Å²) < 4.78 is 16.1. The maximum absolute atomic E-state index is 12.9. The Morgan fingerprint density at radius 1 is 1.34 bits per heavy atom. The highest BCUT2D eigenvalue weighted by molar-refractivity contribution is 5.98. The average molecular weight is 525 g/mol. The number of aromatic amines is 1. The molecule has 0 bridgehead atoms. The summed E-state index contributed by atoms with van der Waals surface area (Å²) in [5.74, 6) is 0.602. The predicted molar refractivity (Wildman–Crippen MR) is 135 cm³/mol. The van der Waals surface area contributed by atoms with Crippen LogP contribution in [0.5, 0.6) is 11.5 Å². The van der Waals surface area contributed by atoms with Gasteiger partial charge in [0.15, 0.2) is 5.82 Å². The molecule has 12 heteroatoms. The van der Waals surface area contributed by atoms with Gasteiger partial charge in [-0.3, -0.25) is 9.89 Å². The molecule has 0 fully saturated rings. The lowest BCUT2D eigenvalue weighted by Gasteiger charge is -2.28. The van der Waals surface area contributed by atoms with E-state index >= 15 is 0 Å². The lowest BCUT2D eigenvalue weighted by Crippen LogP contribution is -2.36. The van der Waals surface area contributed by atoms with Crippen molar-refractivity contribution >= 4 is 11.9 Å². The number of amides is 1. The molecular weight excluding hydrogens is 492 g/mol. The molecule has 202 valence electrons. The number of aromatic hydroxyl groups is 1. The maximum atomic E-state index is 12.9. The third-order valence-corrected chi connectivity index (χ3v) is 6.54. The number of H-pyrrole nitrogens is 1. The Kier molecular flexibility index (Phi) is 7.51. The number of allylic oxidation sites excluding steroid dienone is 2. The zero-order chi connectivity index (χ0) is 27.6. The fraction of sp³-hybridized carbons (Fsp3) is 0.462. The SMILES string of the molecule is COc1c(C)c2c(c(O)c1C/C=C(\C)CCC(=O)NC(c1nc(-c3ncn[nH]3)no1)C(C)(C)C)C(=O)OC2. The fourth-order valence-corrected chi connectivity index (χ4v) is 4.36. The van der Waals surface area contributed by atoms with Crippen molar-refractivity contribution in [3.8, 4) is 23.1 Å². The topological polar surface area (TPSA) is 165 Å². The van der Waals surface area contributed by atoms with Gasteiger partial charge in [-0.15, -0.1) is 0 Å². The van der Waals surface area contributed by atoms with Gasteiger partial charge in [0.25, 0.3) is 0 Å². The van der Waals surface area contributed by atoms with Gasteiger partial charge in [-0.05, 0) is 37.7 Å². The summed E-state index contributed by atoms with van der Waals surface area (Å²) in [6.45, 7) is 9.77. The van der Waals surface area contributed by atoms with E-state index in [1.165, 1.54) is 13.4 Å². The summed E-state index contributed by atoms with van der Waals surface area (Å²) in [5.41, 5.74) is 2.68. The molecule has 0 saturated carbocycles. The van der Waals surface area contributed by atoms with E-state index < -0.39 is 17.4 Å². The van der Waals surface area contributed by atoms with Crippen LogP contribution in [0.3, 0.4) is 0 Å². The molecule has 0 radical (unpaired) electrons. The molecule has 3 aromatic rings. The third kappa shape index (κ3) is 5.38. The first-order valence-corrected chi connectivity index (χ1v) is 12.2. The number of cyclic esters (lactones) is 1. The smallest absolute Gasteiger partial charge is 0.342 e. The van der Waals surface area contributed by atoms with E-state index in [0.29, 0.717) is 35.5 Å². The second kappa shape index (κ2) is 10.6. The first-order valence-electron chi connectivity index (χ1n) is 12.2. The van der Waals surface area contributed by atoms with E-state index in [4.69, 9.17) is 14.0 Å². The number of phenols is 1. The van der Waals surface area contributed by atoms with Gasteiger partial charge < -0.3 is 24.4 Å². The Hall–Kier alpha value is -4.22. The van der Waals surface area contributed by atoms with Crippen LogP contribution < -0.4 is 10.1 Å². The third-order valence-electron chi connectivity index (χ3n) is 6.54. The number of carbonyl (C=O) groups is 2. The van der Waals surface area contributed by atoms with Gasteiger partial charge in [0.05, 0.1) is 7.11 Å². The van der Waals surface area contributed by atoms with Crippen molar-refractivity contribution in [1.29, 1.82) is 0 Å². The number of hydrogen-bond acceptors (Lipinski definition) is 10. The van der Waals surface area contributed by atoms with Gasteiger partial charge in [-0.25, -0.2) is 9.78 Å². The van der Waals surface area contributed by atoms with E-state index in [9.17, 15) is 14.7 Å². The van der Waals surface area contributed by atoms with E-state index in [1.54, 1.807) is 0 Å². The van der Waals surface area contributed by atoms with Gasteiger partial charge >= 0.3 is 5.97 Å². The molecule has 4 rings (SSSR count). The Labute approximate surface area is 219 Å². The quantitative estimate of drug-likeness (QED) is 0.277. The van der Waals surface area contributed by atoms with Crippen molar-refractivity contribution in [1.82, 2.24) is 30.6 Å². The maximum Gasteiger partial charge on any atom is 0.342 e. The number of esters is 1. The molecule has 1 aliphatic rings. The lowest BCUT2D eigenvalue weighted by atomic mass is 9.86. The van der Waals surface area contributed by atoms with E-state index in [1.807, 2.05) is 40.7 Å². The standard InChI is InChI=1S/C26H32N6O6/c1-13(7-9-15-19(34)18-16(11-37-25(18)35)14(2)20(15)36-6)8-10-17(33)29-21(26(3,4)5)24-30-23(32-38-24)22-27-12-28-31-22/h7,12,21,34H,8-11H2,1-6H3,(H,29,33)(H,27,28,31)/b13-7+. The number of carbonyl (C=O) groups excluding carboxylic acids is 2. The minimum atomic E-state index is -0.538. The molecular formula is C26H32N6O6. The first-order chi connectivity index (χ1) is 18.0. The first kappa shape index (κ1) is 26.8. The minimum Gasteiger partial charge on any atom is -0.507 e. The number of nitrogens with one attached hydrogen (secondary N) is 2. The fourth-order valence-electron chi connectivity index (χ4n) is 4.36. The van der Waals surface area contributed by atoms with Gasteiger partial charge in [0, 0.05) is 17.5 Å². The van der Waals surface area contributed by atoms with Crippen LogP contribution >= 0.6 is 0 Å². The summed E-state index contributed by atoms with van der Waals surface area (Å²) in [7, 11) is 1.53. The lowest BCUT2D eigenvalue weighted by molar-refractivity contribution is -0.122. The second-order valence-electron chi connectivity index (χ2n) is 10.3. The number of methoxy groups -OCH3 is 1. The Bertz CT molecular complexity index is 1370. The average Bonchev–Trinajstić information content (AvgIpc) is 3.62. The Morgan fingerprint density at radius 2 is 2.11 bits per heavy atom. The molecule has 0 aliphatic carbocycles. The number of rotatable bonds is 9. The van der Waals surface area contributed by atoms with E-state index in [-0.39, 0.29) is 42.0 Å². The molecule has 38 heavy (non-hydrogen) atoms. The molecule has 1 aromatic carbocycles. The summed E-state index contributed by atoms with van der Waals surface area (Å²) in [4.78, 5) is 33.4. The summed E-state index contributed by atoms with van der Waals surface area (Å²) >= 11 is 0. The molecule has 12 nitrogen and oxygen atoms in total. The Morgan fingerprint density at radius 3 is 2.76 bits per heavy atom. The molecule has 3 heterocycles. The van der Waals surface area contributed by atoms with Gasteiger partial charge in [-0.1, -0.05) is 37.6 Å². The molecule has 3 N–H and O–H groups in total. The van der Waals surface area contributed by atoms with Gasteiger partial charge in [-0.2, -0.15) is 10.1 Å². The number of hydrogen-bond donors (Lipinski definition) is 3. The van der Waals surface area contributed by atoms with Crippen LogP contribution in [-0.2, 0) is 22.6 Å². The highest BCUT2D eigenvalue weighted by Crippen LogP contribution is 2.42. The van der Waals surface area contributed by atoms with Gasteiger partial charge in [0.1, 0.15) is 36.0 Å². The van der Waals surface area contributed by atoms with Crippen LogP contribution in [0.1, 0.15) is 79.5 Å². The van der Waals surface area contributed by atoms with Gasteiger partial charge in [0.2, 0.25) is 17.6 Å². The number of phenolic OH excluding ortho intramolecular Hbond substituents is 1. The number of aromatic nitrogens is 5. The largest absolute Gasteiger partial charge is 0.507 e. The zero-order valence-corrected chi connectivity index (χ0v) is 22.3. The number of nitrogens with zero attached hydrogens (tertiary/aromatic N) is 4. The van der Waals surface area contributed by atoms with Crippen molar-refractivity contribution in [3.63, 3.8) is 0 Å². The molecule has 2 aromatic heterocycles. The summed E-state index contributed by atoms with van der Waals surface area (Å²) in [6.07, 6.45) is 4.32. The second-order valence-corrected chi connectivity index (χ2v) is 10.3. The molecule has 1 amide bonds. The van der Waals surface area contributed by atoms with Crippen LogP contribution in [-0.4, -0.2) is 49.4 Å². The number of ether oxygens (including phenoxy) is 2. The zero-order valence-electron chi connectivity index (χ0n) is 22.3. The van der Waals surface area contributed by atoms with Crippen LogP contribution in [0.15, 0.2) is 22.5 Å². The molecule has 0 spiro atoms. The van der Waals surface area contributed by atoms with Crippen LogP contribution in [0.4, 0.5) is 0 Å². The van der Waals surface area contributed by atoms with Crippen molar-refractivity contribution in [2.75, 3.05) is 7.11 Å².